The SMILES string of the molecule is Cc1ccc(C(CNCC(=O)c2cccc([N+](=O)[O-])c2)N2CCCC2)cc1. The van der Waals surface area contributed by atoms with Gasteiger partial charge in [0.05, 0.1) is 11.5 Å². The molecule has 1 heterocycles. The maximum absolute atomic E-state index is 12.4. The predicted octanol–water partition coefficient (Wildman–Crippen LogP) is 3.51. The van der Waals surface area contributed by atoms with E-state index in [0.717, 1.165) is 13.1 Å². The van der Waals surface area contributed by atoms with E-state index in [0.29, 0.717) is 12.1 Å². The molecule has 6 nitrogen and oxygen atoms in total. The third kappa shape index (κ3) is 4.99. The quantitative estimate of drug-likeness (QED) is 0.439. The van der Waals surface area contributed by atoms with Crippen LogP contribution in [0, 0.1) is 17.0 Å². The Balaban J connectivity index is 1.63. The van der Waals surface area contributed by atoms with E-state index < -0.39 is 4.92 Å². The molecule has 0 radical (unpaired) electrons. The van der Waals surface area contributed by atoms with E-state index in [1.807, 2.05) is 0 Å². The summed E-state index contributed by atoms with van der Waals surface area (Å²) in [4.78, 5) is 25.3. The van der Waals surface area contributed by atoms with E-state index in [1.54, 1.807) is 12.1 Å². The second kappa shape index (κ2) is 8.88. The van der Waals surface area contributed by atoms with Crippen LogP contribution in [0.3, 0.4) is 0 Å². The first-order chi connectivity index (χ1) is 13.0. The molecule has 0 amide bonds. The van der Waals surface area contributed by atoms with E-state index in [1.165, 1.54) is 36.1 Å². The average molecular weight is 367 g/mol. The number of nitrogens with zero attached hydrogens (tertiary/aromatic N) is 2. The molecule has 3 rings (SSSR count). The highest BCUT2D eigenvalue weighted by molar-refractivity contribution is 5.98. The number of rotatable bonds is 8. The number of likely N-dealkylation sites (tertiary alicyclic amines) is 1. The molecule has 0 spiro atoms. The number of hydrogen-bond acceptors (Lipinski definition) is 5. The molecule has 0 aliphatic carbocycles. The normalized spacial score (nSPS) is 15.6. The predicted molar refractivity (Wildman–Crippen MR) is 105 cm³/mol. The van der Waals surface area contributed by atoms with Crippen molar-refractivity contribution in [3.8, 4) is 0 Å². The molecule has 1 aliphatic rings. The number of ketones is 1. The number of nitro benzene ring substituents is 1. The van der Waals surface area contributed by atoms with Gasteiger partial charge in [-0.2, -0.15) is 0 Å². The molecular weight excluding hydrogens is 342 g/mol. The van der Waals surface area contributed by atoms with Gasteiger partial charge in [0.15, 0.2) is 5.78 Å². The van der Waals surface area contributed by atoms with Gasteiger partial charge in [0, 0.05) is 30.3 Å². The van der Waals surface area contributed by atoms with Gasteiger partial charge in [0.25, 0.3) is 5.69 Å². The zero-order valence-electron chi connectivity index (χ0n) is 15.6. The number of Topliss-reactive ketones (excluding diaryl/α,β-unsaturated/α-hetero) is 1. The number of nitrogens with one attached hydrogen (secondary N) is 1. The van der Waals surface area contributed by atoms with Crippen molar-refractivity contribution in [3.63, 3.8) is 0 Å². The number of nitro groups is 1. The van der Waals surface area contributed by atoms with Gasteiger partial charge in [-0.25, -0.2) is 0 Å². The van der Waals surface area contributed by atoms with Crippen LogP contribution in [-0.4, -0.2) is 41.8 Å². The summed E-state index contributed by atoms with van der Waals surface area (Å²) in [6, 6.07) is 14.7. The summed E-state index contributed by atoms with van der Waals surface area (Å²) < 4.78 is 0. The Morgan fingerprint density at radius 2 is 1.89 bits per heavy atom. The standard InChI is InChI=1S/C21H25N3O3/c1-16-7-9-17(10-8-16)20(23-11-2-3-12-23)14-22-15-21(25)18-5-4-6-19(13-18)24(26)27/h4-10,13,20,22H,2-3,11-12,14-15H2,1H3. The van der Waals surface area contributed by atoms with Crippen molar-refractivity contribution in [2.75, 3.05) is 26.2 Å². The van der Waals surface area contributed by atoms with Crippen LogP contribution >= 0.6 is 0 Å². The molecule has 27 heavy (non-hydrogen) atoms. The number of hydrogen-bond donors (Lipinski definition) is 1. The van der Waals surface area contributed by atoms with Crippen LogP contribution in [0.5, 0.6) is 0 Å². The third-order valence-corrected chi connectivity index (χ3v) is 5.05. The van der Waals surface area contributed by atoms with Crippen LogP contribution in [-0.2, 0) is 0 Å². The lowest BCUT2D eigenvalue weighted by Gasteiger charge is -2.28. The summed E-state index contributed by atoms with van der Waals surface area (Å²) in [7, 11) is 0. The van der Waals surface area contributed by atoms with E-state index in [2.05, 4.69) is 41.4 Å². The van der Waals surface area contributed by atoms with Crippen molar-refractivity contribution in [2.45, 2.75) is 25.8 Å². The fourth-order valence-electron chi connectivity index (χ4n) is 3.52. The minimum absolute atomic E-state index is 0.0598. The second-order valence-electron chi connectivity index (χ2n) is 7.03. The van der Waals surface area contributed by atoms with Crippen molar-refractivity contribution in [1.82, 2.24) is 10.2 Å². The van der Waals surface area contributed by atoms with Gasteiger partial charge in [-0.3, -0.25) is 19.8 Å². The fraction of sp³-hybridized carbons (Fsp3) is 0.381. The molecule has 0 bridgehead atoms. The number of carbonyl (C=O) groups is 1. The van der Waals surface area contributed by atoms with Gasteiger partial charge in [0.2, 0.25) is 0 Å². The van der Waals surface area contributed by atoms with Crippen molar-refractivity contribution < 1.29 is 9.72 Å². The van der Waals surface area contributed by atoms with E-state index in [-0.39, 0.29) is 24.1 Å². The van der Waals surface area contributed by atoms with Gasteiger partial charge < -0.3 is 5.32 Å². The Hall–Kier alpha value is -2.57. The lowest BCUT2D eigenvalue weighted by molar-refractivity contribution is -0.384. The lowest BCUT2D eigenvalue weighted by atomic mass is 10.0. The minimum Gasteiger partial charge on any atom is -0.308 e. The Morgan fingerprint density at radius 3 is 2.56 bits per heavy atom. The van der Waals surface area contributed by atoms with Gasteiger partial charge in [-0.05, 0) is 38.4 Å². The van der Waals surface area contributed by atoms with E-state index in [9.17, 15) is 14.9 Å². The highest BCUT2D eigenvalue weighted by atomic mass is 16.6. The highest BCUT2D eigenvalue weighted by Gasteiger charge is 2.23. The number of non-ortho nitro benzene ring substituents is 1. The smallest absolute Gasteiger partial charge is 0.270 e. The van der Waals surface area contributed by atoms with Crippen LogP contribution < -0.4 is 5.32 Å². The summed E-state index contributed by atoms with van der Waals surface area (Å²) >= 11 is 0. The van der Waals surface area contributed by atoms with Crippen molar-refractivity contribution in [2.24, 2.45) is 0 Å². The van der Waals surface area contributed by atoms with E-state index >= 15 is 0 Å². The molecular formula is C21H25N3O3. The lowest BCUT2D eigenvalue weighted by Crippen LogP contribution is -2.36. The summed E-state index contributed by atoms with van der Waals surface area (Å²) in [5, 5.41) is 14.1. The van der Waals surface area contributed by atoms with Gasteiger partial charge in [-0.1, -0.05) is 42.0 Å². The molecule has 2 aromatic rings. The Morgan fingerprint density at radius 1 is 1.19 bits per heavy atom. The fourth-order valence-corrected chi connectivity index (χ4v) is 3.52. The molecule has 6 heteroatoms. The maximum Gasteiger partial charge on any atom is 0.270 e. The van der Waals surface area contributed by atoms with E-state index in [4.69, 9.17) is 0 Å². The van der Waals surface area contributed by atoms with Crippen LogP contribution in [0.4, 0.5) is 5.69 Å². The molecule has 1 atom stereocenters. The van der Waals surface area contributed by atoms with Crippen LogP contribution in [0.1, 0.15) is 40.4 Å². The number of carbonyl (C=O) groups excluding carboxylic acids is 1. The number of benzene rings is 2. The zero-order valence-corrected chi connectivity index (χ0v) is 15.6. The highest BCUT2D eigenvalue weighted by Crippen LogP contribution is 2.25. The maximum atomic E-state index is 12.4. The molecule has 1 fully saturated rings. The minimum atomic E-state index is -0.481. The first kappa shape index (κ1) is 19.2. The summed E-state index contributed by atoms with van der Waals surface area (Å²) in [5.74, 6) is -0.136. The second-order valence-corrected chi connectivity index (χ2v) is 7.03. The zero-order chi connectivity index (χ0) is 19.2. The average Bonchev–Trinajstić information content (AvgIpc) is 3.20. The molecule has 1 unspecified atom stereocenters. The first-order valence-corrected chi connectivity index (χ1v) is 9.33. The molecule has 0 aromatic heterocycles. The molecule has 1 N–H and O–H groups in total. The third-order valence-electron chi connectivity index (χ3n) is 5.05. The molecule has 1 aliphatic heterocycles. The van der Waals surface area contributed by atoms with Crippen molar-refractivity contribution >= 4 is 11.5 Å². The monoisotopic (exact) mass is 367 g/mol. The largest absolute Gasteiger partial charge is 0.308 e. The number of aryl methyl sites for hydroxylation is 1. The van der Waals surface area contributed by atoms with Gasteiger partial charge in [0.1, 0.15) is 0 Å². The Labute approximate surface area is 159 Å². The molecule has 1 saturated heterocycles. The van der Waals surface area contributed by atoms with Gasteiger partial charge >= 0.3 is 0 Å². The molecule has 142 valence electrons. The van der Waals surface area contributed by atoms with Gasteiger partial charge in [-0.15, -0.1) is 0 Å². The summed E-state index contributed by atoms with van der Waals surface area (Å²) in [5.41, 5.74) is 2.78. The Kier molecular flexibility index (Phi) is 6.32. The van der Waals surface area contributed by atoms with Crippen molar-refractivity contribution in [1.29, 1.82) is 0 Å². The topological polar surface area (TPSA) is 75.5 Å². The molecule has 0 saturated carbocycles. The first-order valence-electron chi connectivity index (χ1n) is 9.33. The molecule has 2 aromatic carbocycles. The Bertz CT molecular complexity index is 799. The van der Waals surface area contributed by atoms with Crippen LogP contribution in [0.15, 0.2) is 48.5 Å². The van der Waals surface area contributed by atoms with Crippen LogP contribution in [0.25, 0.3) is 0 Å². The van der Waals surface area contributed by atoms with Crippen LogP contribution in [0.2, 0.25) is 0 Å². The summed E-state index contributed by atoms with van der Waals surface area (Å²) in [6.07, 6.45) is 2.41. The summed E-state index contributed by atoms with van der Waals surface area (Å²) in [6.45, 7) is 5.05. The van der Waals surface area contributed by atoms with Crippen molar-refractivity contribution in [3.05, 3.63) is 75.3 Å².